The summed E-state index contributed by atoms with van der Waals surface area (Å²) in [5.41, 5.74) is 0. The molecule has 1 saturated heterocycles. The van der Waals surface area contributed by atoms with Crippen LogP contribution in [0, 0.1) is 17.6 Å². The van der Waals surface area contributed by atoms with Gasteiger partial charge in [0.15, 0.2) is 11.6 Å². The van der Waals surface area contributed by atoms with Crippen LogP contribution in [-0.4, -0.2) is 50.2 Å². The van der Waals surface area contributed by atoms with Crippen LogP contribution in [0.3, 0.4) is 0 Å². The fourth-order valence-corrected chi connectivity index (χ4v) is 4.43. The summed E-state index contributed by atoms with van der Waals surface area (Å²) in [6.45, 7) is 3.14. The molecule has 0 radical (unpaired) electrons. The molecule has 1 aromatic carbocycles. The van der Waals surface area contributed by atoms with E-state index in [1.165, 1.54) is 4.31 Å². The molecule has 0 N–H and O–H groups in total. The van der Waals surface area contributed by atoms with Gasteiger partial charge in [-0.1, -0.05) is 13.3 Å². The van der Waals surface area contributed by atoms with Crippen LogP contribution < -0.4 is 0 Å². The molecule has 1 amide bonds. The third-order valence-corrected chi connectivity index (χ3v) is 6.45. The van der Waals surface area contributed by atoms with Crippen LogP contribution in [0.15, 0.2) is 23.1 Å². The molecule has 5 nitrogen and oxygen atoms in total. The van der Waals surface area contributed by atoms with Gasteiger partial charge in [0, 0.05) is 32.6 Å². The predicted molar refractivity (Wildman–Crippen MR) is 90.4 cm³/mol. The zero-order valence-corrected chi connectivity index (χ0v) is 15.4. The molecule has 25 heavy (non-hydrogen) atoms. The maximum atomic E-state index is 13.3. The summed E-state index contributed by atoms with van der Waals surface area (Å²) >= 11 is 0. The summed E-state index contributed by atoms with van der Waals surface area (Å²) in [5.74, 6) is -2.43. The van der Waals surface area contributed by atoms with Crippen molar-refractivity contribution < 1.29 is 22.0 Å². The van der Waals surface area contributed by atoms with Crippen LogP contribution in [-0.2, 0) is 14.8 Å². The van der Waals surface area contributed by atoms with Crippen molar-refractivity contribution in [2.75, 3.05) is 26.7 Å². The standard InChI is InChI=1S/C17H24F2N2O3S/c1-3-4-9-20(2)17(22)13-7-10-21(11-8-13)25(23,24)14-5-6-15(18)16(19)12-14/h5-6,12-13H,3-4,7-11H2,1-2H3. The van der Waals surface area contributed by atoms with Gasteiger partial charge in [-0.05, 0) is 37.5 Å². The molecule has 0 aliphatic carbocycles. The molecule has 8 heteroatoms. The second kappa shape index (κ2) is 8.23. The molecule has 2 rings (SSSR count). The van der Waals surface area contributed by atoms with Gasteiger partial charge < -0.3 is 4.90 Å². The first-order valence-electron chi connectivity index (χ1n) is 8.47. The Morgan fingerprint density at radius 1 is 1.24 bits per heavy atom. The first kappa shape index (κ1) is 19.8. The number of halogens is 2. The van der Waals surface area contributed by atoms with Crippen molar-refractivity contribution in [3.8, 4) is 0 Å². The summed E-state index contributed by atoms with van der Waals surface area (Å²) in [5, 5.41) is 0. The molecular weight excluding hydrogens is 350 g/mol. The highest BCUT2D eigenvalue weighted by Gasteiger charge is 2.33. The topological polar surface area (TPSA) is 57.7 Å². The van der Waals surface area contributed by atoms with Crippen molar-refractivity contribution in [1.82, 2.24) is 9.21 Å². The van der Waals surface area contributed by atoms with Gasteiger partial charge in [0.05, 0.1) is 4.90 Å². The van der Waals surface area contributed by atoms with Crippen LogP contribution in [0.2, 0.25) is 0 Å². The smallest absolute Gasteiger partial charge is 0.243 e. The number of piperidine rings is 1. The van der Waals surface area contributed by atoms with Crippen molar-refractivity contribution in [3.63, 3.8) is 0 Å². The van der Waals surface area contributed by atoms with Crippen LogP contribution >= 0.6 is 0 Å². The number of amides is 1. The Morgan fingerprint density at radius 3 is 2.44 bits per heavy atom. The van der Waals surface area contributed by atoms with Gasteiger partial charge >= 0.3 is 0 Å². The first-order valence-corrected chi connectivity index (χ1v) is 9.91. The van der Waals surface area contributed by atoms with Crippen molar-refractivity contribution in [2.45, 2.75) is 37.5 Å². The number of unbranched alkanes of at least 4 members (excludes halogenated alkanes) is 1. The Morgan fingerprint density at radius 2 is 1.88 bits per heavy atom. The minimum atomic E-state index is -3.88. The molecule has 0 saturated carbocycles. The molecule has 140 valence electrons. The summed E-state index contributed by atoms with van der Waals surface area (Å²) in [6, 6.07) is 2.56. The molecular formula is C17H24F2N2O3S. The molecule has 0 bridgehead atoms. The van der Waals surface area contributed by atoms with E-state index in [2.05, 4.69) is 6.92 Å². The second-order valence-corrected chi connectivity index (χ2v) is 8.31. The van der Waals surface area contributed by atoms with Gasteiger partial charge in [0.1, 0.15) is 0 Å². The molecule has 0 aromatic heterocycles. The molecule has 1 heterocycles. The largest absolute Gasteiger partial charge is 0.346 e. The van der Waals surface area contributed by atoms with E-state index in [9.17, 15) is 22.0 Å². The Labute approximate surface area is 147 Å². The number of carbonyl (C=O) groups is 1. The maximum Gasteiger partial charge on any atom is 0.243 e. The molecule has 0 atom stereocenters. The van der Waals surface area contributed by atoms with Crippen LogP contribution in [0.25, 0.3) is 0 Å². The minimum absolute atomic E-state index is 0.0401. The third-order valence-electron chi connectivity index (χ3n) is 4.56. The monoisotopic (exact) mass is 374 g/mol. The molecule has 1 aliphatic rings. The highest BCUT2D eigenvalue weighted by Crippen LogP contribution is 2.25. The summed E-state index contributed by atoms with van der Waals surface area (Å²) in [4.78, 5) is 13.8. The fraction of sp³-hybridized carbons (Fsp3) is 0.588. The number of sulfonamides is 1. The highest BCUT2D eigenvalue weighted by atomic mass is 32.2. The molecule has 1 aliphatic heterocycles. The molecule has 1 fully saturated rings. The van der Waals surface area contributed by atoms with Crippen molar-refractivity contribution in [2.24, 2.45) is 5.92 Å². The van der Waals surface area contributed by atoms with Crippen LogP contribution in [0.5, 0.6) is 0 Å². The molecule has 1 aromatic rings. The van der Waals surface area contributed by atoms with Gasteiger partial charge in [-0.2, -0.15) is 4.31 Å². The number of hydrogen-bond acceptors (Lipinski definition) is 3. The minimum Gasteiger partial charge on any atom is -0.346 e. The number of rotatable bonds is 6. The lowest BCUT2D eigenvalue weighted by Gasteiger charge is -2.32. The zero-order valence-electron chi connectivity index (χ0n) is 14.5. The van der Waals surface area contributed by atoms with Crippen LogP contribution in [0.1, 0.15) is 32.6 Å². The Kier molecular flexibility index (Phi) is 6.51. The van der Waals surface area contributed by atoms with Crippen LogP contribution in [0.4, 0.5) is 8.78 Å². The second-order valence-electron chi connectivity index (χ2n) is 6.37. The van der Waals surface area contributed by atoms with E-state index >= 15 is 0 Å². The molecule has 0 spiro atoms. The predicted octanol–water partition coefficient (Wildman–Crippen LogP) is 2.62. The van der Waals surface area contributed by atoms with E-state index in [1.807, 2.05) is 0 Å². The van der Waals surface area contributed by atoms with Gasteiger partial charge in [-0.15, -0.1) is 0 Å². The van der Waals surface area contributed by atoms with E-state index in [0.717, 1.165) is 25.0 Å². The Balaban J connectivity index is 2.01. The lowest BCUT2D eigenvalue weighted by Crippen LogP contribution is -2.43. The number of benzene rings is 1. The summed E-state index contributed by atoms with van der Waals surface area (Å²) in [6.07, 6.45) is 2.80. The van der Waals surface area contributed by atoms with E-state index in [-0.39, 0.29) is 29.8 Å². The number of nitrogens with zero attached hydrogens (tertiary/aromatic N) is 2. The maximum absolute atomic E-state index is 13.3. The van der Waals surface area contributed by atoms with E-state index < -0.39 is 21.7 Å². The average Bonchev–Trinajstić information content (AvgIpc) is 2.61. The Hall–Kier alpha value is -1.54. The van der Waals surface area contributed by atoms with E-state index in [1.54, 1.807) is 11.9 Å². The number of carbonyl (C=O) groups excluding carboxylic acids is 1. The first-order chi connectivity index (χ1) is 11.8. The fourth-order valence-electron chi connectivity index (χ4n) is 2.95. The average molecular weight is 374 g/mol. The summed E-state index contributed by atoms with van der Waals surface area (Å²) < 4.78 is 52.7. The van der Waals surface area contributed by atoms with Crippen molar-refractivity contribution in [1.29, 1.82) is 0 Å². The quantitative estimate of drug-likeness (QED) is 0.769. The number of hydrogen-bond donors (Lipinski definition) is 0. The Bertz CT molecular complexity index is 717. The summed E-state index contributed by atoms with van der Waals surface area (Å²) in [7, 11) is -2.12. The van der Waals surface area contributed by atoms with Gasteiger partial charge in [-0.3, -0.25) is 4.79 Å². The lowest BCUT2D eigenvalue weighted by molar-refractivity contribution is -0.135. The molecule has 0 unspecified atom stereocenters. The van der Waals surface area contributed by atoms with Gasteiger partial charge in [0.2, 0.25) is 15.9 Å². The van der Waals surface area contributed by atoms with Gasteiger partial charge in [0.25, 0.3) is 0 Å². The van der Waals surface area contributed by atoms with E-state index in [0.29, 0.717) is 25.5 Å². The van der Waals surface area contributed by atoms with Crippen molar-refractivity contribution in [3.05, 3.63) is 29.8 Å². The van der Waals surface area contributed by atoms with Crippen molar-refractivity contribution >= 4 is 15.9 Å². The third kappa shape index (κ3) is 4.55. The normalized spacial score (nSPS) is 16.8. The van der Waals surface area contributed by atoms with E-state index in [4.69, 9.17) is 0 Å². The lowest BCUT2D eigenvalue weighted by atomic mass is 9.96. The highest BCUT2D eigenvalue weighted by molar-refractivity contribution is 7.89. The zero-order chi connectivity index (χ0) is 18.6. The SMILES string of the molecule is CCCCN(C)C(=O)C1CCN(S(=O)(=O)c2ccc(F)c(F)c2)CC1. The van der Waals surface area contributed by atoms with Gasteiger partial charge in [-0.25, -0.2) is 17.2 Å².